The second-order valence-corrected chi connectivity index (χ2v) is 8.24. The molecule has 0 bridgehead atoms. The molecule has 2 aromatic rings. The molecule has 0 spiro atoms. The second-order valence-electron chi connectivity index (χ2n) is 6.66. The summed E-state index contributed by atoms with van der Waals surface area (Å²) < 4.78 is 29.4. The molecule has 1 heterocycles. The minimum atomic E-state index is -3.73. The first-order valence-corrected chi connectivity index (χ1v) is 11.4. The molecule has 0 aliphatic carbocycles. The molecule has 146 valence electrons. The molecular weight excluding hydrogens is 346 g/mol. The van der Waals surface area contributed by atoms with Crippen molar-refractivity contribution < 1.29 is 13.0 Å². The Labute approximate surface area is 158 Å². The lowest BCUT2D eigenvalue weighted by Crippen LogP contribution is -2.03. The first-order chi connectivity index (χ1) is 12.5. The summed E-state index contributed by atoms with van der Waals surface area (Å²) >= 11 is 0. The molecule has 0 amide bonds. The molecule has 0 unspecified atom stereocenters. The highest BCUT2D eigenvalue weighted by Crippen LogP contribution is 2.11. The second kappa shape index (κ2) is 13.7. The first kappa shape index (κ1) is 22.6. The molecular formula is C21H33NO3S. The van der Waals surface area contributed by atoms with Gasteiger partial charge < -0.3 is 0 Å². The number of unbranched alkanes of at least 4 members (excludes halogenated alkanes) is 9. The first-order valence-electron chi connectivity index (χ1n) is 9.78. The maximum atomic E-state index is 10.4. The number of hydrogen-bond donors (Lipinski definition) is 1. The molecule has 1 N–H and O–H groups in total. The number of rotatable bonds is 11. The Hall–Kier alpha value is -1.46. The molecule has 2 rings (SSSR count). The van der Waals surface area contributed by atoms with E-state index >= 15 is 0 Å². The molecule has 0 aliphatic rings. The highest BCUT2D eigenvalue weighted by molar-refractivity contribution is 7.85. The van der Waals surface area contributed by atoms with Crippen LogP contribution in [0.25, 0.3) is 10.9 Å². The van der Waals surface area contributed by atoms with Gasteiger partial charge in [-0.15, -0.1) is 0 Å². The molecule has 0 fully saturated rings. The molecule has 1 aromatic heterocycles. The van der Waals surface area contributed by atoms with E-state index in [1.54, 1.807) is 0 Å². The Morgan fingerprint density at radius 1 is 0.808 bits per heavy atom. The van der Waals surface area contributed by atoms with Crippen molar-refractivity contribution in [3.05, 3.63) is 42.6 Å². The predicted octanol–water partition coefficient (Wildman–Crippen LogP) is 6.03. The van der Waals surface area contributed by atoms with Crippen LogP contribution in [0.5, 0.6) is 0 Å². The molecule has 0 aliphatic heterocycles. The van der Waals surface area contributed by atoms with Gasteiger partial charge in [0.1, 0.15) is 0 Å². The molecule has 0 radical (unpaired) electrons. The third kappa shape index (κ3) is 12.0. The molecule has 1 aromatic carbocycles. The Bertz CT molecular complexity index is 636. The zero-order valence-electron chi connectivity index (χ0n) is 15.9. The van der Waals surface area contributed by atoms with Gasteiger partial charge in [-0.2, -0.15) is 8.42 Å². The SMILES string of the molecule is CCCCCCCCCCCCS(=O)(=O)O.c1ccc2ncccc2c1. The summed E-state index contributed by atoms with van der Waals surface area (Å²) in [6, 6.07) is 12.1. The van der Waals surface area contributed by atoms with Crippen molar-refractivity contribution in [1.82, 2.24) is 4.98 Å². The Kier molecular flexibility index (Phi) is 11.9. The standard InChI is InChI=1S/C12H26O3S.C9H7N/c1-2-3-4-5-6-7-8-9-10-11-12-16(13,14)15;1-2-6-9-8(4-1)5-3-7-10-9/h2-12H2,1H3,(H,13,14,15);1-7H. The van der Waals surface area contributed by atoms with E-state index in [-0.39, 0.29) is 5.75 Å². The zero-order valence-corrected chi connectivity index (χ0v) is 16.8. The van der Waals surface area contributed by atoms with E-state index in [1.165, 1.54) is 50.3 Å². The lowest BCUT2D eigenvalue weighted by Gasteiger charge is -2.01. The minimum Gasteiger partial charge on any atom is -0.286 e. The van der Waals surface area contributed by atoms with Crippen LogP contribution >= 0.6 is 0 Å². The normalized spacial score (nSPS) is 11.2. The maximum Gasteiger partial charge on any atom is 0.264 e. The van der Waals surface area contributed by atoms with Crippen LogP contribution in [0, 0.1) is 0 Å². The maximum absolute atomic E-state index is 10.4. The summed E-state index contributed by atoms with van der Waals surface area (Å²) in [6.07, 6.45) is 13.5. The van der Waals surface area contributed by atoms with Crippen LogP contribution in [0.4, 0.5) is 0 Å². The Balaban J connectivity index is 0.000000284. The van der Waals surface area contributed by atoms with Gasteiger partial charge in [-0.25, -0.2) is 0 Å². The number of pyridine rings is 1. The van der Waals surface area contributed by atoms with Crippen molar-refractivity contribution >= 4 is 21.0 Å². The van der Waals surface area contributed by atoms with Crippen molar-refractivity contribution in [3.63, 3.8) is 0 Å². The van der Waals surface area contributed by atoms with Gasteiger partial charge in [-0.3, -0.25) is 9.54 Å². The summed E-state index contributed by atoms with van der Waals surface area (Å²) in [4.78, 5) is 4.18. The van der Waals surface area contributed by atoms with E-state index in [9.17, 15) is 8.42 Å². The third-order valence-corrected chi connectivity index (χ3v) is 5.07. The number of benzene rings is 1. The minimum absolute atomic E-state index is 0.0799. The van der Waals surface area contributed by atoms with Crippen LogP contribution < -0.4 is 0 Å². The molecule has 0 saturated carbocycles. The summed E-state index contributed by atoms with van der Waals surface area (Å²) in [5.41, 5.74) is 1.06. The van der Waals surface area contributed by atoms with Crippen molar-refractivity contribution in [2.75, 3.05) is 5.75 Å². The number of nitrogens with zero attached hydrogens (tertiary/aromatic N) is 1. The van der Waals surface area contributed by atoms with Gasteiger partial charge in [0.05, 0.1) is 11.3 Å². The van der Waals surface area contributed by atoms with Crippen LogP contribution in [0.3, 0.4) is 0 Å². The summed E-state index contributed by atoms with van der Waals surface area (Å²) in [5.74, 6) is -0.0799. The summed E-state index contributed by atoms with van der Waals surface area (Å²) in [5, 5.41) is 1.20. The van der Waals surface area contributed by atoms with E-state index in [1.807, 2.05) is 30.5 Å². The van der Waals surface area contributed by atoms with Gasteiger partial charge in [-0.1, -0.05) is 89.0 Å². The number of para-hydroxylation sites is 1. The fourth-order valence-electron chi connectivity index (χ4n) is 2.79. The summed E-state index contributed by atoms with van der Waals surface area (Å²) in [6.45, 7) is 2.22. The van der Waals surface area contributed by atoms with E-state index in [4.69, 9.17) is 4.55 Å². The fraction of sp³-hybridized carbons (Fsp3) is 0.571. The number of fused-ring (bicyclic) bond motifs is 1. The topological polar surface area (TPSA) is 67.3 Å². The van der Waals surface area contributed by atoms with Crippen LogP contribution in [-0.2, 0) is 10.1 Å². The monoisotopic (exact) mass is 379 g/mol. The molecule has 5 heteroatoms. The highest BCUT2D eigenvalue weighted by Gasteiger charge is 2.02. The van der Waals surface area contributed by atoms with Gasteiger partial charge in [-0.05, 0) is 18.6 Å². The fourth-order valence-corrected chi connectivity index (χ4v) is 3.36. The number of aromatic nitrogens is 1. The van der Waals surface area contributed by atoms with Gasteiger partial charge in [0.25, 0.3) is 10.1 Å². The van der Waals surface area contributed by atoms with Gasteiger partial charge in [0.15, 0.2) is 0 Å². The van der Waals surface area contributed by atoms with Crippen molar-refractivity contribution in [1.29, 1.82) is 0 Å². The third-order valence-electron chi connectivity index (χ3n) is 4.27. The highest BCUT2D eigenvalue weighted by atomic mass is 32.2. The quantitative estimate of drug-likeness (QED) is 0.382. The van der Waals surface area contributed by atoms with Crippen molar-refractivity contribution in [3.8, 4) is 0 Å². The molecule has 26 heavy (non-hydrogen) atoms. The van der Waals surface area contributed by atoms with E-state index < -0.39 is 10.1 Å². The van der Waals surface area contributed by atoms with E-state index in [0.717, 1.165) is 18.4 Å². The lowest BCUT2D eigenvalue weighted by atomic mass is 10.1. The Morgan fingerprint density at radius 2 is 1.35 bits per heavy atom. The molecule has 0 atom stereocenters. The van der Waals surface area contributed by atoms with Gasteiger partial charge >= 0.3 is 0 Å². The average molecular weight is 380 g/mol. The Morgan fingerprint density at radius 3 is 1.92 bits per heavy atom. The van der Waals surface area contributed by atoms with Crippen molar-refractivity contribution in [2.24, 2.45) is 0 Å². The smallest absolute Gasteiger partial charge is 0.264 e. The predicted molar refractivity (Wildman–Crippen MR) is 110 cm³/mol. The van der Waals surface area contributed by atoms with Gasteiger partial charge in [0, 0.05) is 11.6 Å². The molecule has 0 saturated heterocycles. The van der Waals surface area contributed by atoms with Crippen LogP contribution in [0.1, 0.15) is 71.1 Å². The van der Waals surface area contributed by atoms with Crippen molar-refractivity contribution in [2.45, 2.75) is 71.1 Å². The van der Waals surface area contributed by atoms with Crippen LogP contribution in [-0.4, -0.2) is 23.7 Å². The van der Waals surface area contributed by atoms with Crippen LogP contribution in [0.15, 0.2) is 42.6 Å². The largest absolute Gasteiger partial charge is 0.286 e. The van der Waals surface area contributed by atoms with E-state index in [0.29, 0.717) is 6.42 Å². The van der Waals surface area contributed by atoms with Crippen LogP contribution in [0.2, 0.25) is 0 Å². The lowest BCUT2D eigenvalue weighted by molar-refractivity contribution is 0.478. The average Bonchev–Trinajstić information content (AvgIpc) is 2.63. The summed E-state index contributed by atoms with van der Waals surface area (Å²) in [7, 11) is -3.73. The molecule has 4 nitrogen and oxygen atoms in total. The van der Waals surface area contributed by atoms with E-state index in [2.05, 4.69) is 24.0 Å². The number of hydrogen-bond acceptors (Lipinski definition) is 3. The zero-order chi connectivity index (χ0) is 19.1. The van der Waals surface area contributed by atoms with Gasteiger partial charge in [0.2, 0.25) is 0 Å².